The van der Waals surface area contributed by atoms with Gasteiger partial charge >= 0.3 is 0 Å². The van der Waals surface area contributed by atoms with Gasteiger partial charge in [0.2, 0.25) is 0 Å². The van der Waals surface area contributed by atoms with E-state index in [9.17, 15) is 0 Å². The monoisotopic (exact) mass is 309 g/mol. The van der Waals surface area contributed by atoms with Gasteiger partial charge < -0.3 is 15.0 Å². The lowest BCUT2D eigenvalue weighted by Gasteiger charge is -2.14. The van der Waals surface area contributed by atoms with Crippen molar-refractivity contribution in [3.05, 3.63) is 47.0 Å². The van der Waals surface area contributed by atoms with Crippen LogP contribution in [0.2, 0.25) is 0 Å². The molecular weight excluding hydrogens is 294 g/mol. The van der Waals surface area contributed by atoms with Crippen molar-refractivity contribution in [2.24, 2.45) is 5.73 Å². The fourth-order valence-corrected chi connectivity index (χ4v) is 2.03. The fourth-order valence-electron chi connectivity index (χ4n) is 1.69. The highest BCUT2D eigenvalue weighted by atomic mass is 79.9. The number of imidazole rings is 1. The van der Waals surface area contributed by atoms with Gasteiger partial charge in [0, 0.05) is 28.5 Å². The standard InChI is InChI=1S/C13H16BrN3O/c1-10(15)12-3-2-11(14)8-13(12)18-7-6-17-5-4-16-9-17/h2-5,8-10H,6-7,15H2,1H3. The van der Waals surface area contributed by atoms with Crippen molar-refractivity contribution in [3.63, 3.8) is 0 Å². The summed E-state index contributed by atoms with van der Waals surface area (Å²) in [6.45, 7) is 3.31. The summed E-state index contributed by atoms with van der Waals surface area (Å²) < 4.78 is 8.76. The topological polar surface area (TPSA) is 53.1 Å². The average molecular weight is 310 g/mol. The summed E-state index contributed by atoms with van der Waals surface area (Å²) in [4.78, 5) is 3.99. The summed E-state index contributed by atoms with van der Waals surface area (Å²) in [5.41, 5.74) is 6.94. The van der Waals surface area contributed by atoms with Gasteiger partial charge in [-0.2, -0.15) is 0 Å². The maximum absolute atomic E-state index is 5.92. The van der Waals surface area contributed by atoms with Gasteiger partial charge in [-0.05, 0) is 19.1 Å². The Labute approximate surface area is 115 Å². The number of rotatable bonds is 5. The van der Waals surface area contributed by atoms with Gasteiger partial charge in [0.1, 0.15) is 12.4 Å². The fraction of sp³-hybridized carbons (Fsp3) is 0.308. The zero-order valence-corrected chi connectivity index (χ0v) is 11.8. The number of ether oxygens (including phenoxy) is 1. The predicted molar refractivity (Wildman–Crippen MR) is 74.5 cm³/mol. The van der Waals surface area contributed by atoms with E-state index >= 15 is 0 Å². The van der Waals surface area contributed by atoms with E-state index in [0.29, 0.717) is 6.61 Å². The number of aromatic nitrogens is 2. The summed E-state index contributed by atoms with van der Waals surface area (Å²) in [7, 11) is 0. The first-order valence-electron chi connectivity index (χ1n) is 5.80. The van der Waals surface area contributed by atoms with Crippen LogP contribution in [0.15, 0.2) is 41.4 Å². The molecule has 18 heavy (non-hydrogen) atoms. The molecule has 96 valence electrons. The zero-order chi connectivity index (χ0) is 13.0. The van der Waals surface area contributed by atoms with Crippen LogP contribution in [0.5, 0.6) is 5.75 Å². The van der Waals surface area contributed by atoms with E-state index in [-0.39, 0.29) is 6.04 Å². The molecule has 0 bridgehead atoms. The number of hydrogen-bond acceptors (Lipinski definition) is 3. The molecule has 1 unspecified atom stereocenters. The van der Waals surface area contributed by atoms with E-state index in [1.807, 2.05) is 35.9 Å². The SMILES string of the molecule is CC(N)c1ccc(Br)cc1OCCn1ccnc1. The third-order valence-electron chi connectivity index (χ3n) is 2.63. The number of benzene rings is 1. The normalized spacial score (nSPS) is 12.4. The molecule has 0 aliphatic carbocycles. The molecule has 1 aromatic carbocycles. The highest BCUT2D eigenvalue weighted by molar-refractivity contribution is 9.10. The van der Waals surface area contributed by atoms with Crippen LogP contribution >= 0.6 is 15.9 Å². The number of nitrogens with two attached hydrogens (primary N) is 1. The molecule has 2 N–H and O–H groups in total. The van der Waals surface area contributed by atoms with Crippen LogP contribution in [0.4, 0.5) is 0 Å². The molecule has 0 saturated heterocycles. The van der Waals surface area contributed by atoms with Gasteiger partial charge in [0.15, 0.2) is 0 Å². The molecule has 2 aromatic rings. The van der Waals surface area contributed by atoms with Gasteiger partial charge in [-0.15, -0.1) is 0 Å². The quantitative estimate of drug-likeness (QED) is 0.924. The molecule has 1 aromatic heterocycles. The highest BCUT2D eigenvalue weighted by Crippen LogP contribution is 2.27. The van der Waals surface area contributed by atoms with Gasteiger partial charge in [-0.25, -0.2) is 4.98 Å². The summed E-state index contributed by atoms with van der Waals surface area (Å²) >= 11 is 3.44. The Morgan fingerprint density at radius 2 is 2.33 bits per heavy atom. The summed E-state index contributed by atoms with van der Waals surface area (Å²) in [5.74, 6) is 0.833. The van der Waals surface area contributed by atoms with Crippen LogP contribution in [0.1, 0.15) is 18.5 Å². The lowest BCUT2D eigenvalue weighted by molar-refractivity contribution is 0.294. The average Bonchev–Trinajstić information content (AvgIpc) is 2.82. The van der Waals surface area contributed by atoms with Crippen molar-refractivity contribution in [2.75, 3.05) is 6.61 Å². The van der Waals surface area contributed by atoms with Crippen LogP contribution in [0.25, 0.3) is 0 Å². The molecule has 1 atom stereocenters. The molecule has 0 amide bonds. The van der Waals surface area contributed by atoms with E-state index in [2.05, 4.69) is 20.9 Å². The van der Waals surface area contributed by atoms with Crippen LogP contribution in [-0.4, -0.2) is 16.2 Å². The smallest absolute Gasteiger partial charge is 0.125 e. The molecule has 0 aliphatic rings. The van der Waals surface area contributed by atoms with Crippen LogP contribution in [0, 0.1) is 0 Å². The minimum atomic E-state index is -0.0404. The van der Waals surface area contributed by atoms with Crippen molar-refractivity contribution >= 4 is 15.9 Å². The summed E-state index contributed by atoms with van der Waals surface area (Å²) in [5, 5.41) is 0. The number of halogens is 1. The minimum absolute atomic E-state index is 0.0404. The van der Waals surface area contributed by atoms with E-state index < -0.39 is 0 Å². The third kappa shape index (κ3) is 3.34. The first-order valence-corrected chi connectivity index (χ1v) is 6.59. The molecule has 0 radical (unpaired) electrons. The Morgan fingerprint density at radius 1 is 1.50 bits per heavy atom. The lowest BCUT2D eigenvalue weighted by atomic mass is 10.1. The molecular formula is C13H16BrN3O. The number of nitrogens with zero attached hydrogens (tertiary/aromatic N) is 2. The second-order valence-electron chi connectivity index (χ2n) is 4.12. The maximum atomic E-state index is 5.92. The highest BCUT2D eigenvalue weighted by Gasteiger charge is 2.08. The van der Waals surface area contributed by atoms with Crippen molar-refractivity contribution in [2.45, 2.75) is 19.5 Å². The van der Waals surface area contributed by atoms with E-state index in [0.717, 1.165) is 22.3 Å². The van der Waals surface area contributed by atoms with Crippen molar-refractivity contribution in [1.29, 1.82) is 0 Å². The zero-order valence-electron chi connectivity index (χ0n) is 10.2. The largest absolute Gasteiger partial charge is 0.491 e. The molecule has 0 aliphatic heterocycles. The molecule has 0 saturated carbocycles. The van der Waals surface area contributed by atoms with E-state index in [1.165, 1.54) is 0 Å². The maximum Gasteiger partial charge on any atom is 0.125 e. The second-order valence-corrected chi connectivity index (χ2v) is 5.04. The van der Waals surface area contributed by atoms with Crippen LogP contribution in [-0.2, 0) is 6.54 Å². The second kappa shape index (κ2) is 6.02. The Bertz CT molecular complexity index is 497. The summed E-state index contributed by atoms with van der Waals surface area (Å²) in [6, 6.07) is 5.87. The Morgan fingerprint density at radius 3 is 3.00 bits per heavy atom. The molecule has 0 spiro atoms. The van der Waals surface area contributed by atoms with Crippen LogP contribution in [0.3, 0.4) is 0 Å². The van der Waals surface area contributed by atoms with Gasteiger partial charge in [-0.1, -0.05) is 22.0 Å². The molecule has 1 heterocycles. The molecule has 5 heteroatoms. The van der Waals surface area contributed by atoms with Gasteiger partial charge in [0.05, 0.1) is 12.9 Å². The predicted octanol–water partition coefficient (Wildman–Crippen LogP) is 2.74. The van der Waals surface area contributed by atoms with Gasteiger partial charge in [0.25, 0.3) is 0 Å². The first-order chi connectivity index (χ1) is 8.66. The Kier molecular flexibility index (Phi) is 4.38. The third-order valence-corrected chi connectivity index (χ3v) is 3.13. The van der Waals surface area contributed by atoms with Crippen molar-refractivity contribution in [3.8, 4) is 5.75 Å². The molecule has 4 nitrogen and oxygen atoms in total. The van der Waals surface area contributed by atoms with Crippen molar-refractivity contribution in [1.82, 2.24) is 9.55 Å². The van der Waals surface area contributed by atoms with Gasteiger partial charge in [-0.3, -0.25) is 0 Å². The molecule has 2 rings (SSSR count). The van der Waals surface area contributed by atoms with E-state index in [1.54, 1.807) is 12.5 Å². The number of hydrogen-bond donors (Lipinski definition) is 1. The minimum Gasteiger partial charge on any atom is -0.491 e. The summed E-state index contributed by atoms with van der Waals surface area (Å²) in [6.07, 6.45) is 5.44. The Balaban J connectivity index is 2.01. The van der Waals surface area contributed by atoms with Crippen LogP contribution < -0.4 is 10.5 Å². The van der Waals surface area contributed by atoms with E-state index in [4.69, 9.17) is 10.5 Å². The van der Waals surface area contributed by atoms with Crippen molar-refractivity contribution < 1.29 is 4.74 Å². The Hall–Kier alpha value is -1.33. The molecule has 0 fully saturated rings. The first kappa shape index (κ1) is 13.1. The lowest BCUT2D eigenvalue weighted by Crippen LogP contribution is -2.11.